The van der Waals surface area contributed by atoms with Gasteiger partial charge in [0.25, 0.3) is 11.8 Å². The number of hydrogen-bond acceptors (Lipinski definition) is 3. The maximum absolute atomic E-state index is 12.2. The zero-order valence-electron chi connectivity index (χ0n) is 14.6. The van der Waals surface area contributed by atoms with Crippen molar-refractivity contribution in [3.63, 3.8) is 0 Å². The van der Waals surface area contributed by atoms with Gasteiger partial charge in [0.2, 0.25) is 0 Å². The van der Waals surface area contributed by atoms with E-state index in [0.29, 0.717) is 23.5 Å². The summed E-state index contributed by atoms with van der Waals surface area (Å²) in [5, 5.41) is 5.64. The van der Waals surface area contributed by atoms with Gasteiger partial charge in [-0.05, 0) is 49.7 Å². The number of nitrogens with one attached hydrogen (secondary N) is 2. The first-order valence-electron chi connectivity index (χ1n) is 8.51. The zero-order chi connectivity index (χ0) is 18.1. The van der Waals surface area contributed by atoms with Crippen molar-refractivity contribution in [3.05, 3.63) is 60.2 Å². The van der Waals surface area contributed by atoms with Gasteiger partial charge < -0.3 is 15.4 Å². The molecule has 0 radical (unpaired) electrons. The number of amides is 2. The fraction of sp³-hybridized carbons (Fsp3) is 0.300. The van der Waals surface area contributed by atoms with Crippen LogP contribution >= 0.6 is 0 Å². The van der Waals surface area contributed by atoms with E-state index >= 15 is 0 Å². The van der Waals surface area contributed by atoms with Crippen molar-refractivity contribution in [3.8, 4) is 5.75 Å². The lowest BCUT2D eigenvalue weighted by Gasteiger charge is -2.14. The number of carbonyl (C=O) groups is 2. The number of carbonyl (C=O) groups excluding carboxylic acids is 2. The Hall–Kier alpha value is -2.82. The smallest absolute Gasteiger partial charge is 0.265 e. The third kappa shape index (κ3) is 5.95. The molecule has 5 nitrogen and oxygen atoms in total. The van der Waals surface area contributed by atoms with Crippen LogP contribution in [0.15, 0.2) is 54.6 Å². The molecule has 0 saturated carbocycles. The van der Waals surface area contributed by atoms with Crippen molar-refractivity contribution in [1.29, 1.82) is 0 Å². The highest BCUT2D eigenvalue weighted by Gasteiger charge is 2.15. The van der Waals surface area contributed by atoms with Gasteiger partial charge in [-0.1, -0.05) is 31.5 Å². The minimum Gasteiger partial charge on any atom is -0.481 e. The lowest BCUT2D eigenvalue weighted by Crippen LogP contribution is -2.30. The summed E-state index contributed by atoms with van der Waals surface area (Å²) in [7, 11) is 0. The molecular formula is C20H24N2O3. The van der Waals surface area contributed by atoms with E-state index in [1.807, 2.05) is 18.2 Å². The molecule has 0 heterocycles. The maximum atomic E-state index is 12.2. The third-order valence-corrected chi connectivity index (χ3v) is 3.66. The van der Waals surface area contributed by atoms with E-state index in [-0.39, 0.29) is 11.8 Å². The molecule has 0 aromatic heterocycles. The Labute approximate surface area is 148 Å². The van der Waals surface area contributed by atoms with Gasteiger partial charge in [-0.2, -0.15) is 0 Å². The molecule has 0 saturated heterocycles. The Morgan fingerprint density at radius 2 is 1.72 bits per heavy atom. The first-order valence-corrected chi connectivity index (χ1v) is 8.51. The average molecular weight is 340 g/mol. The molecule has 5 heteroatoms. The van der Waals surface area contributed by atoms with Crippen LogP contribution in [-0.2, 0) is 4.79 Å². The van der Waals surface area contributed by atoms with Crippen molar-refractivity contribution in [2.24, 2.45) is 0 Å². The van der Waals surface area contributed by atoms with Gasteiger partial charge in [0.1, 0.15) is 5.75 Å². The second kappa shape index (κ2) is 9.47. The van der Waals surface area contributed by atoms with Crippen molar-refractivity contribution in [2.45, 2.75) is 32.8 Å². The monoisotopic (exact) mass is 340 g/mol. The van der Waals surface area contributed by atoms with Crippen LogP contribution in [0, 0.1) is 0 Å². The van der Waals surface area contributed by atoms with E-state index < -0.39 is 6.10 Å². The fourth-order valence-electron chi connectivity index (χ4n) is 2.19. The molecule has 0 aliphatic rings. The van der Waals surface area contributed by atoms with E-state index in [0.717, 1.165) is 12.8 Å². The number of rotatable bonds is 8. The number of unbranched alkanes of at least 4 members (excludes halogenated alkanes) is 1. The molecule has 0 spiro atoms. The van der Waals surface area contributed by atoms with Gasteiger partial charge in [-0.15, -0.1) is 0 Å². The minimum absolute atomic E-state index is 0.105. The molecule has 1 unspecified atom stereocenters. The van der Waals surface area contributed by atoms with Gasteiger partial charge in [0.15, 0.2) is 6.10 Å². The van der Waals surface area contributed by atoms with Gasteiger partial charge >= 0.3 is 0 Å². The molecule has 132 valence electrons. The Bertz CT molecular complexity index is 684. The zero-order valence-corrected chi connectivity index (χ0v) is 14.6. The molecule has 2 N–H and O–H groups in total. The number of hydrogen-bond donors (Lipinski definition) is 2. The van der Waals surface area contributed by atoms with Gasteiger partial charge in [-0.3, -0.25) is 9.59 Å². The molecule has 0 aliphatic carbocycles. The molecule has 2 aromatic rings. The SMILES string of the molecule is CCCCNC(=O)c1ccc(NC(=O)C(C)Oc2ccccc2)cc1. The molecule has 0 fully saturated rings. The lowest BCUT2D eigenvalue weighted by atomic mass is 10.2. The van der Waals surface area contributed by atoms with Gasteiger partial charge in [-0.25, -0.2) is 0 Å². The van der Waals surface area contributed by atoms with E-state index in [1.165, 1.54) is 0 Å². The van der Waals surface area contributed by atoms with Crippen LogP contribution in [0.25, 0.3) is 0 Å². The highest BCUT2D eigenvalue weighted by atomic mass is 16.5. The first kappa shape index (κ1) is 18.5. The Balaban J connectivity index is 1.87. The first-order chi connectivity index (χ1) is 12.1. The summed E-state index contributed by atoms with van der Waals surface area (Å²) in [6, 6.07) is 16.0. The summed E-state index contributed by atoms with van der Waals surface area (Å²) in [6.07, 6.45) is 1.37. The lowest BCUT2D eigenvalue weighted by molar-refractivity contribution is -0.122. The molecule has 25 heavy (non-hydrogen) atoms. The molecule has 2 amide bonds. The highest BCUT2D eigenvalue weighted by Crippen LogP contribution is 2.13. The van der Waals surface area contributed by atoms with Crippen LogP contribution in [0.1, 0.15) is 37.0 Å². The fourth-order valence-corrected chi connectivity index (χ4v) is 2.19. The van der Waals surface area contributed by atoms with E-state index in [4.69, 9.17) is 4.74 Å². The summed E-state index contributed by atoms with van der Waals surface area (Å²) in [6.45, 7) is 4.44. The number of ether oxygens (including phenoxy) is 1. The second-order valence-corrected chi connectivity index (χ2v) is 5.75. The van der Waals surface area contributed by atoms with Crippen molar-refractivity contribution < 1.29 is 14.3 Å². The third-order valence-electron chi connectivity index (χ3n) is 3.66. The van der Waals surface area contributed by atoms with Crippen LogP contribution in [0.5, 0.6) is 5.75 Å². The van der Waals surface area contributed by atoms with Crippen LogP contribution < -0.4 is 15.4 Å². The van der Waals surface area contributed by atoms with E-state index in [1.54, 1.807) is 43.3 Å². The molecule has 0 aliphatic heterocycles. The van der Waals surface area contributed by atoms with Crippen LogP contribution in [0.4, 0.5) is 5.69 Å². The van der Waals surface area contributed by atoms with Crippen molar-refractivity contribution in [1.82, 2.24) is 5.32 Å². The standard InChI is InChI=1S/C20H24N2O3/c1-3-4-14-21-20(24)16-10-12-17(13-11-16)22-19(23)15(2)25-18-8-6-5-7-9-18/h5-13,15H,3-4,14H2,1-2H3,(H,21,24)(H,22,23). The Morgan fingerprint density at radius 1 is 1.04 bits per heavy atom. The van der Waals surface area contributed by atoms with Crippen LogP contribution in [0.3, 0.4) is 0 Å². The summed E-state index contributed by atoms with van der Waals surface area (Å²) < 4.78 is 5.59. The van der Waals surface area contributed by atoms with Gasteiger partial charge in [0, 0.05) is 17.8 Å². The van der Waals surface area contributed by atoms with Gasteiger partial charge in [0.05, 0.1) is 0 Å². The molecule has 2 rings (SSSR count). The van der Waals surface area contributed by atoms with Crippen LogP contribution in [-0.4, -0.2) is 24.5 Å². The average Bonchev–Trinajstić information content (AvgIpc) is 2.63. The molecular weight excluding hydrogens is 316 g/mol. The summed E-state index contributed by atoms with van der Waals surface area (Å²) in [5.41, 5.74) is 1.20. The largest absolute Gasteiger partial charge is 0.481 e. The predicted octanol–water partition coefficient (Wildman–Crippen LogP) is 3.62. The number of para-hydroxylation sites is 1. The summed E-state index contributed by atoms with van der Waals surface area (Å²) in [5.74, 6) is 0.292. The van der Waals surface area contributed by atoms with Crippen molar-refractivity contribution in [2.75, 3.05) is 11.9 Å². The summed E-state index contributed by atoms with van der Waals surface area (Å²) in [4.78, 5) is 24.1. The van der Waals surface area contributed by atoms with Crippen LogP contribution in [0.2, 0.25) is 0 Å². The van der Waals surface area contributed by atoms with Crippen molar-refractivity contribution >= 4 is 17.5 Å². The maximum Gasteiger partial charge on any atom is 0.265 e. The van der Waals surface area contributed by atoms with E-state index in [9.17, 15) is 9.59 Å². The molecule has 2 aromatic carbocycles. The topological polar surface area (TPSA) is 67.4 Å². The Morgan fingerprint density at radius 3 is 2.36 bits per heavy atom. The predicted molar refractivity (Wildman–Crippen MR) is 98.8 cm³/mol. The quantitative estimate of drug-likeness (QED) is 0.721. The number of benzene rings is 2. The normalized spacial score (nSPS) is 11.4. The summed E-state index contributed by atoms with van der Waals surface area (Å²) >= 11 is 0. The molecule has 1 atom stereocenters. The minimum atomic E-state index is -0.626. The van der Waals surface area contributed by atoms with E-state index in [2.05, 4.69) is 17.6 Å². The number of anilines is 1. The Kier molecular flexibility index (Phi) is 7.01. The highest BCUT2D eigenvalue weighted by molar-refractivity contribution is 5.96. The molecule has 0 bridgehead atoms. The second-order valence-electron chi connectivity index (χ2n) is 5.75.